The van der Waals surface area contributed by atoms with Gasteiger partial charge < -0.3 is 15.8 Å². The zero-order valence-corrected chi connectivity index (χ0v) is 11.1. The van der Waals surface area contributed by atoms with Crippen molar-refractivity contribution < 1.29 is 5.21 Å². The second-order valence-electron chi connectivity index (χ2n) is 4.40. The minimum absolute atomic E-state index is 0.0965. The summed E-state index contributed by atoms with van der Waals surface area (Å²) in [6.45, 7) is 1.72. The van der Waals surface area contributed by atoms with Crippen LogP contribution in [0.1, 0.15) is 16.0 Å². The van der Waals surface area contributed by atoms with Crippen LogP contribution in [-0.2, 0) is 13.0 Å². The molecule has 0 radical (unpaired) electrons. The minimum Gasteiger partial charge on any atom is -0.409 e. The molecule has 0 aromatic carbocycles. The quantitative estimate of drug-likeness (QED) is 0.379. The fourth-order valence-corrected chi connectivity index (χ4v) is 3.22. The molecular formula is C13H14N4OS. The van der Waals surface area contributed by atoms with Gasteiger partial charge in [-0.05, 0) is 35.6 Å². The Kier molecular flexibility index (Phi) is 3.08. The van der Waals surface area contributed by atoms with Crippen molar-refractivity contribution in [1.29, 1.82) is 0 Å². The topological polar surface area (TPSA) is 74.7 Å². The van der Waals surface area contributed by atoms with Crippen molar-refractivity contribution in [2.75, 3.05) is 11.4 Å². The number of amidine groups is 1. The molecule has 0 saturated heterocycles. The molecular weight excluding hydrogens is 260 g/mol. The second-order valence-corrected chi connectivity index (χ2v) is 5.40. The summed E-state index contributed by atoms with van der Waals surface area (Å²) in [5.74, 6) is 0.869. The van der Waals surface area contributed by atoms with Gasteiger partial charge in [0.15, 0.2) is 5.84 Å². The summed E-state index contributed by atoms with van der Waals surface area (Å²) in [4.78, 5) is 8.00. The van der Waals surface area contributed by atoms with E-state index in [1.807, 2.05) is 6.07 Å². The standard InChI is InChI=1S/C13H14N4OS/c14-12(16-18)10-2-1-5-15-13(10)17-6-3-11-9(8-17)4-7-19-11/h1-2,4-5,7,18H,3,6,8H2,(H2,14,16). The van der Waals surface area contributed by atoms with E-state index in [0.717, 1.165) is 25.3 Å². The lowest BCUT2D eigenvalue weighted by Gasteiger charge is -2.29. The Balaban J connectivity index is 1.96. The lowest BCUT2D eigenvalue weighted by molar-refractivity contribution is 0.318. The van der Waals surface area contributed by atoms with Crippen molar-refractivity contribution in [1.82, 2.24) is 4.98 Å². The van der Waals surface area contributed by atoms with E-state index >= 15 is 0 Å². The fourth-order valence-electron chi connectivity index (χ4n) is 2.33. The Morgan fingerprint density at radius 3 is 3.21 bits per heavy atom. The number of pyridine rings is 1. The molecule has 0 atom stereocenters. The van der Waals surface area contributed by atoms with E-state index in [0.29, 0.717) is 5.56 Å². The highest BCUT2D eigenvalue weighted by atomic mass is 32.1. The number of oxime groups is 1. The Morgan fingerprint density at radius 2 is 2.37 bits per heavy atom. The third-order valence-electron chi connectivity index (χ3n) is 3.28. The molecule has 0 fully saturated rings. The maximum Gasteiger partial charge on any atom is 0.173 e. The molecule has 0 spiro atoms. The minimum atomic E-state index is 0.0965. The van der Waals surface area contributed by atoms with Gasteiger partial charge in [0.25, 0.3) is 0 Å². The van der Waals surface area contributed by atoms with Gasteiger partial charge in [-0.3, -0.25) is 0 Å². The summed E-state index contributed by atoms with van der Waals surface area (Å²) < 4.78 is 0. The largest absolute Gasteiger partial charge is 0.409 e. The van der Waals surface area contributed by atoms with Gasteiger partial charge in [-0.2, -0.15) is 0 Å². The molecule has 2 aromatic heterocycles. The van der Waals surface area contributed by atoms with E-state index in [2.05, 4.69) is 26.5 Å². The van der Waals surface area contributed by atoms with E-state index in [1.165, 1.54) is 10.4 Å². The van der Waals surface area contributed by atoms with Crippen LogP contribution in [0.5, 0.6) is 0 Å². The third-order valence-corrected chi connectivity index (χ3v) is 4.30. The monoisotopic (exact) mass is 274 g/mol. The number of nitrogens with zero attached hydrogens (tertiary/aromatic N) is 3. The van der Waals surface area contributed by atoms with Crippen LogP contribution < -0.4 is 10.6 Å². The van der Waals surface area contributed by atoms with Crippen molar-refractivity contribution >= 4 is 23.0 Å². The van der Waals surface area contributed by atoms with Gasteiger partial charge in [-0.25, -0.2) is 4.98 Å². The van der Waals surface area contributed by atoms with E-state index in [-0.39, 0.29) is 5.84 Å². The molecule has 0 aliphatic carbocycles. The number of aromatic nitrogens is 1. The summed E-state index contributed by atoms with van der Waals surface area (Å²) in [6, 6.07) is 5.76. The zero-order chi connectivity index (χ0) is 13.2. The normalized spacial score (nSPS) is 15.4. The van der Waals surface area contributed by atoms with Crippen LogP contribution in [0.4, 0.5) is 5.82 Å². The molecule has 2 aromatic rings. The first-order valence-corrected chi connectivity index (χ1v) is 6.90. The first-order chi connectivity index (χ1) is 9.29. The number of hydrogen-bond donors (Lipinski definition) is 2. The summed E-state index contributed by atoms with van der Waals surface area (Å²) in [5.41, 5.74) is 7.72. The molecule has 0 amide bonds. The molecule has 0 bridgehead atoms. The highest BCUT2D eigenvalue weighted by Gasteiger charge is 2.21. The zero-order valence-electron chi connectivity index (χ0n) is 10.3. The number of rotatable bonds is 2. The number of hydrogen-bond acceptors (Lipinski definition) is 5. The lowest BCUT2D eigenvalue weighted by Crippen LogP contribution is -2.32. The maximum atomic E-state index is 8.85. The predicted octanol–water partition coefficient (Wildman–Crippen LogP) is 1.80. The van der Waals surface area contributed by atoms with Crippen LogP contribution in [0.3, 0.4) is 0 Å². The molecule has 0 saturated carbocycles. The molecule has 98 valence electrons. The molecule has 19 heavy (non-hydrogen) atoms. The Hall–Kier alpha value is -2.08. The van der Waals surface area contributed by atoms with Crippen molar-refractivity contribution in [2.45, 2.75) is 13.0 Å². The smallest absolute Gasteiger partial charge is 0.173 e. The van der Waals surface area contributed by atoms with Crippen LogP contribution >= 0.6 is 11.3 Å². The van der Waals surface area contributed by atoms with E-state index in [1.54, 1.807) is 23.6 Å². The summed E-state index contributed by atoms with van der Waals surface area (Å²) in [5, 5.41) is 14.1. The van der Waals surface area contributed by atoms with Crippen LogP contribution in [0.25, 0.3) is 0 Å². The van der Waals surface area contributed by atoms with Crippen molar-refractivity contribution in [3.8, 4) is 0 Å². The number of fused-ring (bicyclic) bond motifs is 1. The molecule has 3 rings (SSSR count). The van der Waals surface area contributed by atoms with Gasteiger partial charge in [0, 0.05) is 24.2 Å². The highest BCUT2D eigenvalue weighted by molar-refractivity contribution is 7.10. The molecule has 1 aliphatic rings. The molecule has 0 unspecified atom stereocenters. The predicted molar refractivity (Wildman–Crippen MR) is 75.8 cm³/mol. The van der Waals surface area contributed by atoms with Crippen LogP contribution in [0, 0.1) is 0 Å². The second kappa shape index (κ2) is 4.89. The van der Waals surface area contributed by atoms with E-state index < -0.39 is 0 Å². The van der Waals surface area contributed by atoms with Gasteiger partial charge in [0.2, 0.25) is 0 Å². The van der Waals surface area contributed by atoms with Gasteiger partial charge in [0.1, 0.15) is 5.82 Å². The summed E-state index contributed by atoms with van der Waals surface area (Å²) in [6.07, 6.45) is 2.74. The molecule has 3 N–H and O–H groups in total. The summed E-state index contributed by atoms with van der Waals surface area (Å²) in [7, 11) is 0. The third kappa shape index (κ3) is 2.15. The van der Waals surface area contributed by atoms with Crippen molar-refractivity contribution in [2.24, 2.45) is 10.9 Å². The van der Waals surface area contributed by atoms with Gasteiger partial charge in [0.05, 0.1) is 5.56 Å². The number of nitrogens with two attached hydrogens (primary N) is 1. The molecule has 5 nitrogen and oxygen atoms in total. The van der Waals surface area contributed by atoms with Crippen molar-refractivity contribution in [3.05, 3.63) is 45.8 Å². The molecule has 3 heterocycles. The Labute approximate surface area is 115 Å². The van der Waals surface area contributed by atoms with Crippen LogP contribution in [0.2, 0.25) is 0 Å². The Morgan fingerprint density at radius 1 is 1.47 bits per heavy atom. The summed E-state index contributed by atoms with van der Waals surface area (Å²) >= 11 is 1.80. The van der Waals surface area contributed by atoms with Gasteiger partial charge in [-0.1, -0.05) is 5.16 Å². The maximum absolute atomic E-state index is 8.85. The number of thiophene rings is 1. The molecule has 6 heteroatoms. The lowest BCUT2D eigenvalue weighted by atomic mass is 10.1. The SMILES string of the molecule is N/C(=N\O)c1cccnc1N1CCc2sccc2C1. The van der Waals surface area contributed by atoms with Crippen LogP contribution in [-0.4, -0.2) is 22.6 Å². The highest BCUT2D eigenvalue weighted by Crippen LogP contribution is 2.28. The fraction of sp³-hybridized carbons (Fsp3) is 0.231. The first-order valence-electron chi connectivity index (χ1n) is 6.02. The van der Waals surface area contributed by atoms with Crippen molar-refractivity contribution in [3.63, 3.8) is 0 Å². The van der Waals surface area contributed by atoms with Crippen LogP contribution in [0.15, 0.2) is 34.9 Å². The Bertz CT molecular complexity index is 623. The molecule has 1 aliphatic heterocycles. The van der Waals surface area contributed by atoms with E-state index in [4.69, 9.17) is 10.9 Å². The van der Waals surface area contributed by atoms with Gasteiger partial charge in [-0.15, -0.1) is 11.3 Å². The average molecular weight is 274 g/mol. The average Bonchev–Trinajstić information content (AvgIpc) is 2.93. The number of anilines is 1. The van der Waals surface area contributed by atoms with Gasteiger partial charge >= 0.3 is 0 Å². The first kappa shape index (κ1) is 12.0. The van der Waals surface area contributed by atoms with E-state index in [9.17, 15) is 0 Å².